The minimum Gasteiger partial charge on any atom is -0.480 e. The minimum absolute atomic E-state index is 0.0126. The highest BCUT2D eigenvalue weighted by Crippen LogP contribution is 2.35. The van der Waals surface area contributed by atoms with Gasteiger partial charge in [-0.1, -0.05) is 152 Å². The van der Waals surface area contributed by atoms with E-state index in [2.05, 4.69) is 22.3 Å². The fraction of sp³-hybridized carbons (Fsp3) is 0.204. The molecule has 4 atom stereocenters. The molecule has 10 heteroatoms. The quantitative estimate of drug-likeness (QED) is 0.112. The number of para-hydroxylation sites is 1. The van der Waals surface area contributed by atoms with Gasteiger partial charge >= 0.3 is 12.1 Å². The molecule has 3 amide bonds. The van der Waals surface area contributed by atoms with Crippen molar-refractivity contribution in [2.45, 2.75) is 49.9 Å². The number of rotatable bonds is 13. The first-order valence-corrected chi connectivity index (χ1v) is 19.9. The molecular weight excluding hydrogens is 741 g/mol. The number of imide groups is 1. The summed E-state index contributed by atoms with van der Waals surface area (Å²) < 4.78 is 5.39. The normalized spacial score (nSPS) is 18.0. The number of likely N-dealkylation sites (tertiary alicyclic amines) is 1. The van der Waals surface area contributed by atoms with E-state index in [0.29, 0.717) is 41.1 Å². The Morgan fingerprint density at radius 1 is 0.780 bits per heavy atom. The van der Waals surface area contributed by atoms with Crippen molar-refractivity contribution in [3.8, 4) is 0 Å². The molecule has 0 bridgehead atoms. The topological polar surface area (TPSA) is 129 Å². The molecule has 10 nitrogen and oxygen atoms in total. The van der Waals surface area contributed by atoms with Gasteiger partial charge in [-0.3, -0.25) is 19.5 Å². The zero-order valence-electron chi connectivity index (χ0n) is 32.4. The third-order valence-corrected chi connectivity index (χ3v) is 11.2. The summed E-state index contributed by atoms with van der Waals surface area (Å²) in [7, 11) is 0. The van der Waals surface area contributed by atoms with E-state index >= 15 is 0 Å². The summed E-state index contributed by atoms with van der Waals surface area (Å²) in [6.45, 7) is 1.43. The number of aliphatic imine (C=N–C) groups is 1. The van der Waals surface area contributed by atoms with Crippen molar-refractivity contribution >= 4 is 46.0 Å². The molecule has 6 aromatic rings. The molecule has 2 fully saturated rings. The maximum Gasteiger partial charge on any atom is 0.417 e. The molecule has 0 spiro atoms. The second-order valence-electron chi connectivity index (χ2n) is 15.0. The third-order valence-electron chi connectivity index (χ3n) is 11.2. The fourth-order valence-electron chi connectivity index (χ4n) is 8.25. The number of carboxylic acid groups (broad SMARTS) is 1. The number of carbonyl (C=O) groups excluding carboxylic acids is 3. The number of aliphatic carboxylic acids is 1. The second-order valence-corrected chi connectivity index (χ2v) is 15.0. The van der Waals surface area contributed by atoms with E-state index in [1.165, 1.54) is 0 Å². The van der Waals surface area contributed by atoms with Crippen LogP contribution in [0.15, 0.2) is 163 Å². The molecule has 0 saturated carbocycles. The van der Waals surface area contributed by atoms with E-state index in [4.69, 9.17) is 9.73 Å². The van der Waals surface area contributed by atoms with Crippen molar-refractivity contribution in [3.63, 3.8) is 0 Å². The van der Waals surface area contributed by atoms with Crippen LogP contribution in [0.4, 0.5) is 10.5 Å². The third kappa shape index (κ3) is 8.68. The molecule has 0 unspecified atom stereocenters. The number of ether oxygens (including phenoxy) is 1. The smallest absolute Gasteiger partial charge is 0.417 e. The van der Waals surface area contributed by atoms with Gasteiger partial charge in [0.2, 0.25) is 11.8 Å². The lowest BCUT2D eigenvalue weighted by atomic mass is 9.86. The van der Waals surface area contributed by atoms with Gasteiger partial charge in [0.05, 0.1) is 17.4 Å². The Bertz CT molecular complexity index is 2490. The number of fused-ring (bicyclic) bond motifs is 1. The number of hydrogen-bond donors (Lipinski definition) is 2. The lowest BCUT2D eigenvalue weighted by Crippen LogP contribution is -2.39. The van der Waals surface area contributed by atoms with Gasteiger partial charge in [0.15, 0.2) is 6.04 Å². The Labute approximate surface area is 342 Å². The van der Waals surface area contributed by atoms with E-state index in [-0.39, 0.29) is 25.0 Å². The molecule has 0 aromatic heterocycles. The maximum absolute atomic E-state index is 14.4. The molecule has 2 aliphatic heterocycles. The number of carbonyl (C=O) groups is 4. The van der Waals surface area contributed by atoms with Gasteiger partial charge < -0.3 is 15.2 Å². The summed E-state index contributed by atoms with van der Waals surface area (Å²) in [6.07, 6.45) is 0.463. The van der Waals surface area contributed by atoms with Crippen LogP contribution in [-0.4, -0.2) is 69.7 Å². The minimum atomic E-state index is -1.50. The van der Waals surface area contributed by atoms with Crippen LogP contribution in [-0.2, 0) is 25.7 Å². The Hall–Kier alpha value is -6.91. The average Bonchev–Trinajstić information content (AvgIpc) is 3.91. The Kier molecular flexibility index (Phi) is 11.7. The Morgan fingerprint density at radius 3 is 2.19 bits per heavy atom. The van der Waals surface area contributed by atoms with Crippen LogP contribution in [0.3, 0.4) is 0 Å². The highest BCUT2D eigenvalue weighted by Gasteiger charge is 2.42. The van der Waals surface area contributed by atoms with Crippen molar-refractivity contribution in [1.82, 2.24) is 9.80 Å². The van der Waals surface area contributed by atoms with Crippen LogP contribution in [0.1, 0.15) is 59.0 Å². The largest absolute Gasteiger partial charge is 0.480 e. The van der Waals surface area contributed by atoms with E-state index in [0.717, 1.165) is 39.8 Å². The van der Waals surface area contributed by atoms with Crippen molar-refractivity contribution < 1.29 is 29.0 Å². The Balaban J connectivity index is 1.18. The molecule has 2 saturated heterocycles. The van der Waals surface area contributed by atoms with Crippen LogP contribution in [0.2, 0.25) is 0 Å². The predicted octanol–water partition coefficient (Wildman–Crippen LogP) is 8.63. The summed E-state index contributed by atoms with van der Waals surface area (Å²) in [6, 6.07) is 46.5. The van der Waals surface area contributed by atoms with Crippen molar-refractivity contribution in [1.29, 1.82) is 0 Å². The summed E-state index contributed by atoms with van der Waals surface area (Å²) >= 11 is 0. The number of benzene rings is 6. The number of carboxylic acids is 1. The van der Waals surface area contributed by atoms with Gasteiger partial charge in [-0.25, -0.2) is 14.5 Å². The van der Waals surface area contributed by atoms with E-state index in [1.54, 1.807) is 6.07 Å². The average molecular weight is 785 g/mol. The standard InChI is InChI=1S/C49H44N4O6/c54-44(53-43(32-59-49(53)58)35-18-6-2-7-19-35)30-40(38-27-26-34-17-10-11-22-37(34)29-38)46(48(56)57)51-45(36-20-8-3-9-21-36)39-23-12-13-24-41(39)50-47(55)42-25-14-28-52(42)31-33-15-4-1-5-16-33/h1-13,15-24,26-27,29,40,42-43,46H,14,25,28,30-32H2,(H,50,55)(H,56,57)/t40-,42-,43-,46+/m0/s1. The van der Waals surface area contributed by atoms with Crippen LogP contribution >= 0.6 is 0 Å². The fourth-order valence-corrected chi connectivity index (χ4v) is 8.25. The zero-order valence-corrected chi connectivity index (χ0v) is 32.4. The lowest BCUT2D eigenvalue weighted by Gasteiger charge is -2.27. The Morgan fingerprint density at radius 2 is 1.44 bits per heavy atom. The molecule has 296 valence electrons. The van der Waals surface area contributed by atoms with Gasteiger partial charge in [-0.15, -0.1) is 0 Å². The molecule has 2 heterocycles. The van der Waals surface area contributed by atoms with E-state index < -0.39 is 36.0 Å². The first kappa shape index (κ1) is 38.9. The summed E-state index contributed by atoms with van der Waals surface area (Å²) in [5.74, 6) is -3.00. The summed E-state index contributed by atoms with van der Waals surface area (Å²) in [4.78, 5) is 63.7. The lowest BCUT2D eigenvalue weighted by molar-refractivity contribution is -0.139. The monoisotopic (exact) mass is 784 g/mol. The second kappa shape index (κ2) is 17.7. The maximum atomic E-state index is 14.4. The number of anilines is 1. The number of nitrogens with one attached hydrogen (secondary N) is 1. The molecule has 59 heavy (non-hydrogen) atoms. The van der Waals surface area contributed by atoms with Gasteiger partial charge in [-0.2, -0.15) is 0 Å². The van der Waals surface area contributed by atoms with Gasteiger partial charge in [0.25, 0.3) is 0 Å². The SMILES string of the molecule is O=C(O)[C@H](N=C(c1ccccc1)c1ccccc1NC(=O)[C@@H]1CCCN1Cc1ccccc1)[C@@H](CC(=O)N1C(=O)OC[C@H]1c1ccccc1)c1ccc2ccccc2c1. The number of nitrogens with zero attached hydrogens (tertiary/aromatic N) is 3. The first-order valence-electron chi connectivity index (χ1n) is 19.9. The molecule has 2 aliphatic rings. The van der Waals surface area contributed by atoms with Crippen molar-refractivity contribution in [3.05, 3.63) is 186 Å². The number of cyclic esters (lactones) is 1. The van der Waals surface area contributed by atoms with Crippen LogP contribution < -0.4 is 5.32 Å². The number of amides is 3. The summed E-state index contributed by atoms with van der Waals surface area (Å²) in [5, 5.41) is 16.1. The molecule has 0 radical (unpaired) electrons. The van der Waals surface area contributed by atoms with Crippen LogP contribution in [0.25, 0.3) is 10.8 Å². The van der Waals surface area contributed by atoms with Gasteiger partial charge in [0, 0.05) is 30.0 Å². The highest BCUT2D eigenvalue weighted by molar-refractivity contribution is 6.18. The molecular formula is C49H44N4O6. The van der Waals surface area contributed by atoms with Crippen LogP contribution in [0.5, 0.6) is 0 Å². The van der Waals surface area contributed by atoms with Crippen LogP contribution in [0, 0.1) is 0 Å². The van der Waals surface area contributed by atoms with E-state index in [1.807, 2.05) is 140 Å². The van der Waals surface area contributed by atoms with Gasteiger partial charge in [-0.05, 0) is 52.9 Å². The van der Waals surface area contributed by atoms with Crippen molar-refractivity contribution in [2.75, 3.05) is 18.5 Å². The molecule has 2 N–H and O–H groups in total. The van der Waals surface area contributed by atoms with Gasteiger partial charge in [0.1, 0.15) is 12.6 Å². The molecule has 6 aromatic carbocycles. The first-order chi connectivity index (χ1) is 28.8. The van der Waals surface area contributed by atoms with Crippen molar-refractivity contribution in [2.24, 2.45) is 4.99 Å². The zero-order chi connectivity index (χ0) is 40.7. The summed E-state index contributed by atoms with van der Waals surface area (Å²) in [5.41, 5.74) is 4.41. The number of hydrogen-bond acceptors (Lipinski definition) is 7. The van der Waals surface area contributed by atoms with E-state index in [9.17, 15) is 24.3 Å². The molecule has 8 rings (SSSR count). The predicted molar refractivity (Wildman–Crippen MR) is 227 cm³/mol. The highest BCUT2D eigenvalue weighted by atomic mass is 16.6. The molecule has 0 aliphatic carbocycles.